The molecule has 0 saturated heterocycles. The Balaban J connectivity index is 1.72. The van der Waals surface area contributed by atoms with Gasteiger partial charge in [-0.05, 0) is 32.4 Å². The Morgan fingerprint density at radius 3 is 3.00 bits per heavy atom. The molecule has 0 radical (unpaired) electrons. The van der Waals surface area contributed by atoms with Crippen molar-refractivity contribution in [2.45, 2.75) is 32.8 Å². The van der Waals surface area contributed by atoms with E-state index in [1.807, 2.05) is 38.1 Å². The fourth-order valence-corrected chi connectivity index (χ4v) is 1.99. The Morgan fingerprint density at radius 1 is 1.41 bits per heavy atom. The number of nitrogens with zero attached hydrogens (tertiary/aromatic N) is 1. The SMILES string of the molecule is CC(C)Oc1cccc(NC(=O)NCCCc2ncc[nH]2)c1. The van der Waals surface area contributed by atoms with Crippen molar-refractivity contribution in [3.05, 3.63) is 42.5 Å². The van der Waals surface area contributed by atoms with Crippen LogP contribution in [0.15, 0.2) is 36.7 Å². The molecule has 6 nitrogen and oxygen atoms in total. The Kier molecular flexibility index (Phi) is 5.82. The first-order valence-corrected chi connectivity index (χ1v) is 7.43. The van der Waals surface area contributed by atoms with E-state index in [0.29, 0.717) is 12.2 Å². The molecule has 2 rings (SSSR count). The summed E-state index contributed by atoms with van der Waals surface area (Å²) in [6.45, 7) is 4.52. The average molecular weight is 302 g/mol. The minimum atomic E-state index is -0.221. The molecule has 2 aromatic rings. The fourth-order valence-electron chi connectivity index (χ4n) is 1.99. The molecule has 0 fully saturated rings. The minimum Gasteiger partial charge on any atom is -0.491 e. The molecule has 1 aromatic carbocycles. The highest BCUT2D eigenvalue weighted by molar-refractivity contribution is 5.89. The third-order valence-corrected chi connectivity index (χ3v) is 2.89. The second kappa shape index (κ2) is 8.07. The predicted molar refractivity (Wildman–Crippen MR) is 86.1 cm³/mol. The Bertz CT molecular complexity index is 582. The van der Waals surface area contributed by atoms with Gasteiger partial charge in [-0.25, -0.2) is 9.78 Å². The Hall–Kier alpha value is -2.50. The van der Waals surface area contributed by atoms with Gasteiger partial charge < -0.3 is 20.4 Å². The molecular weight excluding hydrogens is 280 g/mol. The van der Waals surface area contributed by atoms with E-state index in [-0.39, 0.29) is 12.1 Å². The van der Waals surface area contributed by atoms with Crippen molar-refractivity contribution in [3.63, 3.8) is 0 Å². The normalized spacial score (nSPS) is 10.5. The average Bonchev–Trinajstić information content (AvgIpc) is 2.96. The molecule has 0 bridgehead atoms. The van der Waals surface area contributed by atoms with Crippen LogP contribution in [0.3, 0.4) is 0 Å². The third-order valence-electron chi connectivity index (χ3n) is 2.89. The quantitative estimate of drug-likeness (QED) is 0.688. The number of benzene rings is 1. The first-order valence-electron chi connectivity index (χ1n) is 7.43. The van der Waals surface area contributed by atoms with Crippen molar-refractivity contribution in [1.29, 1.82) is 0 Å². The molecule has 22 heavy (non-hydrogen) atoms. The number of urea groups is 1. The van der Waals surface area contributed by atoms with Crippen molar-refractivity contribution in [2.75, 3.05) is 11.9 Å². The number of imidazole rings is 1. The number of anilines is 1. The number of aromatic nitrogens is 2. The Labute approximate surface area is 130 Å². The van der Waals surface area contributed by atoms with E-state index in [0.717, 1.165) is 24.4 Å². The van der Waals surface area contributed by atoms with Gasteiger partial charge >= 0.3 is 6.03 Å². The number of ether oxygens (including phenoxy) is 1. The van der Waals surface area contributed by atoms with Gasteiger partial charge in [0.1, 0.15) is 11.6 Å². The van der Waals surface area contributed by atoms with Gasteiger partial charge in [-0.2, -0.15) is 0 Å². The summed E-state index contributed by atoms with van der Waals surface area (Å²) in [6.07, 6.45) is 5.26. The number of hydrogen-bond donors (Lipinski definition) is 3. The van der Waals surface area contributed by atoms with Gasteiger partial charge in [-0.15, -0.1) is 0 Å². The number of amides is 2. The van der Waals surface area contributed by atoms with Crippen molar-refractivity contribution < 1.29 is 9.53 Å². The second-order valence-electron chi connectivity index (χ2n) is 5.21. The van der Waals surface area contributed by atoms with E-state index < -0.39 is 0 Å². The second-order valence-corrected chi connectivity index (χ2v) is 5.21. The maximum Gasteiger partial charge on any atom is 0.319 e. The van der Waals surface area contributed by atoms with Gasteiger partial charge in [-0.1, -0.05) is 6.07 Å². The zero-order chi connectivity index (χ0) is 15.8. The molecule has 0 aliphatic carbocycles. The van der Waals surface area contributed by atoms with E-state index in [9.17, 15) is 4.79 Å². The summed E-state index contributed by atoms with van der Waals surface area (Å²) in [5.74, 6) is 1.67. The van der Waals surface area contributed by atoms with Gasteiger partial charge in [0.2, 0.25) is 0 Å². The monoisotopic (exact) mass is 302 g/mol. The van der Waals surface area contributed by atoms with Crippen molar-refractivity contribution >= 4 is 11.7 Å². The van der Waals surface area contributed by atoms with Crippen molar-refractivity contribution in [2.24, 2.45) is 0 Å². The number of H-pyrrole nitrogens is 1. The lowest BCUT2D eigenvalue weighted by Gasteiger charge is -2.12. The zero-order valence-electron chi connectivity index (χ0n) is 12.9. The predicted octanol–water partition coefficient (Wildman–Crippen LogP) is 2.95. The molecular formula is C16H22N4O2. The maximum absolute atomic E-state index is 11.8. The summed E-state index contributed by atoms with van der Waals surface area (Å²) in [6, 6.07) is 7.13. The van der Waals surface area contributed by atoms with Crippen LogP contribution in [0, 0.1) is 0 Å². The van der Waals surface area contributed by atoms with Gasteiger partial charge in [0, 0.05) is 37.1 Å². The van der Waals surface area contributed by atoms with Crippen LogP contribution in [0.2, 0.25) is 0 Å². The summed E-state index contributed by atoms with van der Waals surface area (Å²) in [7, 11) is 0. The van der Waals surface area contributed by atoms with E-state index in [2.05, 4.69) is 20.6 Å². The van der Waals surface area contributed by atoms with E-state index in [4.69, 9.17) is 4.74 Å². The van der Waals surface area contributed by atoms with E-state index in [1.165, 1.54) is 0 Å². The lowest BCUT2D eigenvalue weighted by Crippen LogP contribution is -2.29. The summed E-state index contributed by atoms with van der Waals surface area (Å²) in [5, 5.41) is 5.62. The van der Waals surface area contributed by atoms with Gasteiger partial charge in [0.05, 0.1) is 6.10 Å². The van der Waals surface area contributed by atoms with Gasteiger partial charge in [-0.3, -0.25) is 0 Å². The number of carbonyl (C=O) groups is 1. The van der Waals surface area contributed by atoms with E-state index in [1.54, 1.807) is 12.4 Å². The maximum atomic E-state index is 11.8. The minimum absolute atomic E-state index is 0.102. The zero-order valence-corrected chi connectivity index (χ0v) is 12.9. The highest BCUT2D eigenvalue weighted by Crippen LogP contribution is 2.18. The highest BCUT2D eigenvalue weighted by Gasteiger charge is 2.04. The standard InChI is InChI=1S/C16H22N4O2/c1-12(2)22-14-6-3-5-13(11-14)20-16(21)19-8-4-7-15-17-9-10-18-15/h3,5-6,9-12H,4,7-8H2,1-2H3,(H,17,18)(H2,19,20,21). The molecule has 118 valence electrons. The molecule has 0 aliphatic heterocycles. The highest BCUT2D eigenvalue weighted by atomic mass is 16.5. The van der Waals surface area contributed by atoms with Crippen LogP contribution in [0.25, 0.3) is 0 Å². The number of hydrogen-bond acceptors (Lipinski definition) is 3. The van der Waals surface area contributed by atoms with Crippen LogP contribution in [0.1, 0.15) is 26.1 Å². The lowest BCUT2D eigenvalue weighted by atomic mass is 10.3. The topological polar surface area (TPSA) is 79.0 Å². The molecule has 6 heteroatoms. The van der Waals surface area contributed by atoms with Gasteiger partial charge in [0.25, 0.3) is 0 Å². The van der Waals surface area contributed by atoms with Crippen molar-refractivity contribution in [3.8, 4) is 5.75 Å². The molecule has 0 atom stereocenters. The smallest absolute Gasteiger partial charge is 0.319 e. The third kappa shape index (κ3) is 5.47. The first kappa shape index (κ1) is 15.9. The van der Waals surface area contributed by atoms with Crippen molar-refractivity contribution in [1.82, 2.24) is 15.3 Å². The first-order chi connectivity index (χ1) is 10.6. The lowest BCUT2D eigenvalue weighted by molar-refractivity contribution is 0.242. The summed E-state index contributed by atoms with van der Waals surface area (Å²) in [4.78, 5) is 19.0. The van der Waals surface area contributed by atoms with Crippen LogP contribution in [0.5, 0.6) is 5.75 Å². The molecule has 2 amide bonds. The molecule has 0 spiro atoms. The summed E-state index contributed by atoms with van der Waals surface area (Å²) >= 11 is 0. The molecule has 1 heterocycles. The molecule has 0 aliphatic rings. The van der Waals surface area contributed by atoms with Crippen LogP contribution in [-0.4, -0.2) is 28.6 Å². The summed E-state index contributed by atoms with van der Waals surface area (Å²) in [5.41, 5.74) is 0.710. The number of nitrogens with one attached hydrogen (secondary N) is 3. The van der Waals surface area contributed by atoms with Gasteiger partial charge in [0.15, 0.2) is 0 Å². The molecule has 1 aromatic heterocycles. The van der Waals surface area contributed by atoms with Crippen LogP contribution < -0.4 is 15.4 Å². The summed E-state index contributed by atoms with van der Waals surface area (Å²) < 4.78 is 5.59. The molecule has 3 N–H and O–H groups in total. The number of carbonyl (C=O) groups excluding carboxylic acids is 1. The molecule has 0 unspecified atom stereocenters. The Morgan fingerprint density at radius 2 is 2.27 bits per heavy atom. The van der Waals surface area contributed by atoms with E-state index >= 15 is 0 Å². The van der Waals surface area contributed by atoms with Crippen LogP contribution >= 0.6 is 0 Å². The fraction of sp³-hybridized carbons (Fsp3) is 0.375. The number of rotatable bonds is 7. The number of aryl methyl sites for hydroxylation is 1. The van der Waals surface area contributed by atoms with Crippen LogP contribution in [-0.2, 0) is 6.42 Å². The number of aromatic amines is 1. The largest absolute Gasteiger partial charge is 0.491 e. The van der Waals surface area contributed by atoms with Crippen LogP contribution in [0.4, 0.5) is 10.5 Å². The molecule has 0 saturated carbocycles.